The third kappa shape index (κ3) is 9.86. The van der Waals surface area contributed by atoms with E-state index in [1.54, 1.807) is 0 Å². The summed E-state index contributed by atoms with van der Waals surface area (Å²) in [6, 6.07) is 0.665. The minimum Gasteiger partial charge on any atom is -0.316 e. The molecule has 0 amide bonds. The number of rotatable bonds is 14. The van der Waals surface area contributed by atoms with Gasteiger partial charge in [0.25, 0.3) is 0 Å². The normalized spacial score (nSPS) is 12.7. The molecule has 0 saturated heterocycles. The first-order valence-corrected chi connectivity index (χ1v) is 13.4. The van der Waals surface area contributed by atoms with Crippen molar-refractivity contribution in [1.82, 2.24) is 5.32 Å². The van der Waals surface area contributed by atoms with Gasteiger partial charge < -0.3 is 5.32 Å². The maximum absolute atomic E-state index is 13.4. The van der Waals surface area contributed by atoms with E-state index in [1.165, 1.54) is 70.9 Å². The molecular formula is C29H39F8N. The van der Waals surface area contributed by atoms with Crippen LogP contribution < -0.4 is 5.32 Å². The molecule has 0 aliphatic carbocycles. The van der Waals surface area contributed by atoms with E-state index in [-0.39, 0.29) is 0 Å². The largest absolute Gasteiger partial charge is 0.316 e. The number of benzene rings is 2. The Labute approximate surface area is 221 Å². The molecule has 0 radical (unpaired) electrons. The fourth-order valence-corrected chi connectivity index (χ4v) is 4.17. The predicted octanol–water partition coefficient (Wildman–Crippen LogP) is 9.87. The van der Waals surface area contributed by atoms with Crippen molar-refractivity contribution in [2.45, 2.75) is 85.5 Å². The molecule has 0 spiro atoms. The highest BCUT2D eigenvalue weighted by atomic mass is 19.2. The van der Waals surface area contributed by atoms with Gasteiger partial charge in [-0.3, -0.25) is 0 Å². The third-order valence-corrected chi connectivity index (χ3v) is 6.56. The summed E-state index contributed by atoms with van der Waals surface area (Å²) in [4.78, 5) is 0. The molecule has 38 heavy (non-hydrogen) atoms. The molecule has 0 aliphatic rings. The molecule has 2 unspecified atom stereocenters. The summed E-state index contributed by atoms with van der Waals surface area (Å²) in [5.41, 5.74) is -2.95. The second-order valence-electron chi connectivity index (χ2n) is 9.68. The zero-order valence-electron chi connectivity index (χ0n) is 22.6. The summed E-state index contributed by atoms with van der Waals surface area (Å²) in [5.74, 6) is -15.8. The van der Waals surface area contributed by atoms with Crippen molar-refractivity contribution in [2.24, 2.45) is 11.8 Å². The van der Waals surface area contributed by atoms with E-state index in [0.717, 1.165) is 11.8 Å². The lowest BCUT2D eigenvalue weighted by Crippen LogP contribution is -2.22. The summed E-state index contributed by atoms with van der Waals surface area (Å²) >= 11 is 0. The van der Waals surface area contributed by atoms with E-state index in [0.29, 0.717) is 12.1 Å². The highest BCUT2D eigenvalue weighted by Crippen LogP contribution is 2.34. The molecule has 1 N–H and O–H groups in total. The first-order chi connectivity index (χ1) is 18.0. The Morgan fingerprint density at radius 3 is 1.79 bits per heavy atom. The molecule has 0 saturated carbocycles. The van der Waals surface area contributed by atoms with Crippen LogP contribution in [0.4, 0.5) is 35.1 Å². The zero-order valence-corrected chi connectivity index (χ0v) is 22.6. The summed E-state index contributed by atoms with van der Waals surface area (Å²) in [5, 5.41) is 3.62. The Hall–Kier alpha value is -2.16. The molecule has 2 aromatic carbocycles. The quantitative estimate of drug-likeness (QED) is 0.106. The number of hydrogen-bond acceptors (Lipinski definition) is 1. The minimum absolute atomic E-state index is 0.297. The number of hydrogen-bond donors (Lipinski definition) is 1. The van der Waals surface area contributed by atoms with Crippen LogP contribution in [-0.4, -0.2) is 13.1 Å². The second-order valence-corrected chi connectivity index (χ2v) is 9.68. The van der Waals surface area contributed by atoms with Crippen molar-refractivity contribution in [2.75, 3.05) is 13.1 Å². The second kappa shape index (κ2) is 17.4. The molecule has 216 valence electrons. The third-order valence-electron chi connectivity index (χ3n) is 6.56. The van der Waals surface area contributed by atoms with Gasteiger partial charge in [0, 0.05) is 5.56 Å². The number of halogens is 8. The van der Waals surface area contributed by atoms with E-state index in [9.17, 15) is 35.1 Å². The van der Waals surface area contributed by atoms with Crippen LogP contribution in [0.25, 0.3) is 11.1 Å². The summed E-state index contributed by atoms with van der Waals surface area (Å²) in [7, 11) is 0. The Morgan fingerprint density at radius 2 is 1.24 bits per heavy atom. The molecule has 0 bridgehead atoms. The number of nitrogens with one attached hydrogen (secondary N) is 1. The highest BCUT2D eigenvalue weighted by Gasteiger charge is 2.29. The van der Waals surface area contributed by atoms with E-state index < -0.39 is 57.7 Å². The van der Waals surface area contributed by atoms with Crippen molar-refractivity contribution >= 4 is 0 Å². The highest BCUT2D eigenvalue weighted by molar-refractivity contribution is 5.66. The van der Waals surface area contributed by atoms with Gasteiger partial charge in [-0.25, -0.2) is 35.1 Å². The van der Waals surface area contributed by atoms with Gasteiger partial charge in [-0.05, 0) is 49.9 Å². The Kier molecular flexibility index (Phi) is 15.5. The molecule has 0 heterocycles. The van der Waals surface area contributed by atoms with Crippen molar-refractivity contribution in [3.05, 3.63) is 58.7 Å². The maximum Gasteiger partial charge on any atom is 0.200 e. The van der Waals surface area contributed by atoms with Crippen molar-refractivity contribution in [3.8, 4) is 11.1 Å². The van der Waals surface area contributed by atoms with Gasteiger partial charge in [0.15, 0.2) is 40.7 Å². The van der Waals surface area contributed by atoms with Gasteiger partial charge in [-0.1, -0.05) is 72.6 Å². The lowest BCUT2D eigenvalue weighted by atomic mass is 9.91. The van der Waals surface area contributed by atoms with E-state index in [1.807, 2.05) is 0 Å². The zero-order chi connectivity index (χ0) is 28.8. The Balaban J connectivity index is 0.000000383. The van der Waals surface area contributed by atoms with E-state index in [4.69, 9.17) is 0 Å². The van der Waals surface area contributed by atoms with Crippen LogP contribution >= 0.6 is 0 Å². The maximum atomic E-state index is 13.4. The molecule has 0 aliphatic heterocycles. The fraction of sp³-hybridized carbons (Fsp3) is 0.586. The molecule has 1 nitrogen and oxygen atoms in total. The monoisotopic (exact) mass is 553 g/mol. The van der Waals surface area contributed by atoms with Gasteiger partial charge in [0.2, 0.25) is 5.82 Å². The van der Waals surface area contributed by atoms with Crippen LogP contribution in [0.1, 0.15) is 85.5 Å². The van der Waals surface area contributed by atoms with Crippen LogP contribution in [0.15, 0.2) is 12.1 Å². The van der Waals surface area contributed by atoms with Crippen molar-refractivity contribution in [3.63, 3.8) is 0 Å². The molecule has 2 aromatic rings. The Morgan fingerprint density at radius 1 is 0.632 bits per heavy atom. The van der Waals surface area contributed by atoms with Crippen LogP contribution in [0.3, 0.4) is 0 Å². The SMILES string of the molecule is CCCCCCNCC(C)CCC(CC)CCC.Fc1ccc(-c2c(F)c(F)c(F)c(F)c2F)c(F)c1F. The number of unbranched alkanes of at least 4 members (excludes halogenated alkanes) is 3. The topological polar surface area (TPSA) is 12.0 Å². The fourth-order valence-electron chi connectivity index (χ4n) is 4.17. The van der Waals surface area contributed by atoms with Gasteiger partial charge in [-0.2, -0.15) is 0 Å². The summed E-state index contributed by atoms with van der Waals surface area (Å²) in [6.07, 6.45) is 12.5. The van der Waals surface area contributed by atoms with Gasteiger partial charge in [0.1, 0.15) is 0 Å². The molecule has 0 aromatic heterocycles. The average Bonchev–Trinajstić information content (AvgIpc) is 2.91. The first-order valence-electron chi connectivity index (χ1n) is 13.4. The lowest BCUT2D eigenvalue weighted by Gasteiger charge is -2.17. The molecule has 2 rings (SSSR count). The average molecular weight is 554 g/mol. The molecule has 0 fully saturated rings. The minimum atomic E-state index is -2.44. The summed E-state index contributed by atoms with van der Waals surface area (Å²) < 4.78 is 105. The first kappa shape index (κ1) is 33.9. The van der Waals surface area contributed by atoms with Gasteiger partial charge in [0.05, 0.1) is 5.56 Å². The van der Waals surface area contributed by atoms with Crippen LogP contribution in [0.5, 0.6) is 0 Å². The van der Waals surface area contributed by atoms with Gasteiger partial charge >= 0.3 is 0 Å². The molecular weight excluding hydrogens is 514 g/mol. The lowest BCUT2D eigenvalue weighted by molar-refractivity contribution is 0.367. The van der Waals surface area contributed by atoms with E-state index >= 15 is 0 Å². The smallest absolute Gasteiger partial charge is 0.200 e. The molecule has 2 atom stereocenters. The van der Waals surface area contributed by atoms with Crippen molar-refractivity contribution in [1.29, 1.82) is 0 Å². The molecule has 9 heteroatoms. The van der Waals surface area contributed by atoms with Crippen molar-refractivity contribution < 1.29 is 35.1 Å². The van der Waals surface area contributed by atoms with Crippen LogP contribution in [0, 0.1) is 58.4 Å². The van der Waals surface area contributed by atoms with Gasteiger partial charge in [-0.15, -0.1) is 0 Å². The van der Waals surface area contributed by atoms with Crippen LogP contribution in [-0.2, 0) is 0 Å². The Bertz CT molecular complexity index is 966. The van der Waals surface area contributed by atoms with Crippen LogP contribution in [0.2, 0.25) is 0 Å². The summed E-state index contributed by atoms with van der Waals surface area (Å²) in [6.45, 7) is 11.8. The standard InChI is InChI=1S/C17H37N.C12H2F8/c1-5-8-9-10-14-18-15-16(4)12-13-17(7-3)11-6-2;13-4-2-1-3(6(14)7(4)15)5-8(16)10(18)12(20)11(19)9(5)17/h16-18H,5-15H2,1-4H3;1-2H. The van der Waals surface area contributed by atoms with E-state index in [2.05, 4.69) is 33.0 Å². The predicted molar refractivity (Wildman–Crippen MR) is 136 cm³/mol.